The van der Waals surface area contributed by atoms with Crippen LogP contribution in [0.25, 0.3) is 0 Å². The molecule has 4 heteroatoms. The van der Waals surface area contributed by atoms with Crippen LogP contribution >= 0.6 is 0 Å². The maximum absolute atomic E-state index is 12.4. The third-order valence-electron chi connectivity index (χ3n) is 2.71. The molecule has 18 heavy (non-hydrogen) atoms. The van der Waals surface area contributed by atoms with Crippen LogP contribution < -0.4 is 5.32 Å². The normalized spacial score (nSPS) is 13.3. The van der Waals surface area contributed by atoms with Crippen molar-refractivity contribution in [3.8, 4) is 0 Å². The van der Waals surface area contributed by atoms with Gasteiger partial charge in [0.05, 0.1) is 5.56 Å². The fraction of sp³-hybridized carbons (Fsp3) is 0.429. The summed E-state index contributed by atoms with van der Waals surface area (Å²) < 4.78 is 37.2. The molecule has 1 rings (SSSR count). The molecule has 0 aliphatic heterocycles. The number of halogens is 3. The second-order valence-corrected chi connectivity index (χ2v) is 4.18. The summed E-state index contributed by atoms with van der Waals surface area (Å²) in [5.74, 6) is 0. The molecule has 1 unspecified atom stereocenters. The highest BCUT2D eigenvalue weighted by atomic mass is 19.4. The highest BCUT2D eigenvalue weighted by molar-refractivity contribution is 5.25. The lowest BCUT2D eigenvalue weighted by Gasteiger charge is -2.16. The number of likely N-dealkylation sites (N-methyl/N-ethyl adjacent to an activating group) is 1. The SMILES string of the molecule is C=CCC(Cc1ccc(C(F)(F)F)cc1)NCC. The molecular weight excluding hydrogens is 239 g/mol. The lowest BCUT2D eigenvalue weighted by atomic mass is 10.0. The molecule has 0 aliphatic rings. The summed E-state index contributed by atoms with van der Waals surface area (Å²) >= 11 is 0. The van der Waals surface area contributed by atoms with Crippen LogP contribution in [0.5, 0.6) is 0 Å². The highest BCUT2D eigenvalue weighted by Crippen LogP contribution is 2.29. The largest absolute Gasteiger partial charge is 0.416 e. The summed E-state index contributed by atoms with van der Waals surface area (Å²) in [6.07, 6.45) is -0.939. The molecule has 0 aromatic heterocycles. The molecule has 0 saturated heterocycles. The van der Waals surface area contributed by atoms with Crippen LogP contribution in [0.3, 0.4) is 0 Å². The van der Waals surface area contributed by atoms with Gasteiger partial charge in [-0.1, -0.05) is 25.1 Å². The van der Waals surface area contributed by atoms with Crippen LogP contribution in [-0.4, -0.2) is 12.6 Å². The zero-order valence-electron chi connectivity index (χ0n) is 10.4. The van der Waals surface area contributed by atoms with E-state index in [1.807, 2.05) is 13.0 Å². The Hall–Kier alpha value is -1.29. The minimum atomic E-state index is -4.26. The zero-order chi connectivity index (χ0) is 13.6. The Balaban J connectivity index is 2.69. The Bertz CT molecular complexity index is 368. The van der Waals surface area contributed by atoms with Gasteiger partial charge in [-0.3, -0.25) is 0 Å². The van der Waals surface area contributed by atoms with Crippen molar-refractivity contribution in [2.75, 3.05) is 6.54 Å². The number of alkyl halides is 3. The Morgan fingerprint density at radius 2 is 1.89 bits per heavy atom. The minimum absolute atomic E-state index is 0.226. The maximum atomic E-state index is 12.4. The van der Waals surface area contributed by atoms with E-state index >= 15 is 0 Å². The van der Waals surface area contributed by atoms with Gasteiger partial charge in [0.2, 0.25) is 0 Å². The average Bonchev–Trinajstić information content (AvgIpc) is 2.29. The molecule has 0 spiro atoms. The van der Waals surface area contributed by atoms with Crippen molar-refractivity contribution in [3.63, 3.8) is 0 Å². The Kier molecular flexibility index (Phi) is 5.41. The first-order chi connectivity index (χ1) is 8.47. The van der Waals surface area contributed by atoms with Crippen molar-refractivity contribution >= 4 is 0 Å². The van der Waals surface area contributed by atoms with Crippen molar-refractivity contribution in [3.05, 3.63) is 48.0 Å². The first-order valence-corrected chi connectivity index (χ1v) is 5.97. The average molecular weight is 257 g/mol. The van der Waals surface area contributed by atoms with E-state index in [4.69, 9.17) is 0 Å². The summed E-state index contributed by atoms with van der Waals surface area (Å²) in [5.41, 5.74) is 0.297. The van der Waals surface area contributed by atoms with Gasteiger partial charge in [-0.15, -0.1) is 6.58 Å². The number of benzene rings is 1. The van der Waals surface area contributed by atoms with Crippen molar-refractivity contribution in [1.82, 2.24) is 5.32 Å². The van der Waals surface area contributed by atoms with E-state index in [0.717, 1.165) is 30.7 Å². The molecule has 100 valence electrons. The van der Waals surface area contributed by atoms with Crippen LogP contribution in [0.15, 0.2) is 36.9 Å². The van der Waals surface area contributed by atoms with E-state index in [1.54, 1.807) is 0 Å². The van der Waals surface area contributed by atoms with Gasteiger partial charge in [-0.05, 0) is 37.1 Å². The van der Waals surface area contributed by atoms with Gasteiger partial charge >= 0.3 is 6.18 Å². The molecule has 1 aromatic rings. The van der Waals surface area contributed by atoms with Gasteiger partial charge in [-0.25, -0.2) is 0 Å². The number of hydrogen-bond donors (Lipinski definition) is 1. The van der Waals surface area contributed by atoms with Crippen LogP contribution in [0.1, 0.15) is 24.5 Å². The zero-order valence-corrected chi connectivity index (χ0v) is 10.4. The molecule has 0 fully saturated rings. The topological polar surface area (TPSA) is 12.0 Å². The van der Waals surface area contributed by atoms with Crippen LogP contribution in [0.4, 0.5) is 13.2 Å². The summed E-state index contributed by atoms with van der Waals surface area (Å²) in [4.78, 5) is 0. The Labute approximate surface area is 106 Å². The molecule has 0 saturated carbocycles. The lowest BCUT2D eigenvalue weighted by molar-refractivity contribution is -0.137. The molecule has 1 nitrogen and oxygen atoms in total. The summed E-state index contributed by atoms with van der Waals surface area (Å²) in [6, 6.07) is 5.56. The quantitative estimate of drug-likeness (QED) is 0.764. The van der Waals surface area contributed by atoms with E-state index in [2.05, 4.69) is 11.9 Å². The van der Waals surface area contributed by atoms with Crippen molar-refractivity contribution in [2.24, 2.45) is 0 Å². The minimum Gasteiger partial charge on any atom is -0.314 e. The molecule has 0 radical (unpaired) electrons. The lowest BCUT2D eigenvalue weighted by Crippen LogP contribution is -2.30. The van der Waals surface area contributed by atoms with Crippen LogP contribution in [0.2, 0.25) is 0 Å². The van der Waals surface area contributed by atoms with Crippen molar-refractivity contribution in [2.45, 2.75) is 32.0 Å². The molecule has 0 amide bonds. The monoisotopic (exact) mass is 257 g/mol. The Morgan fingerprint density at radius 3 is 2.33 bits per heavy atom. The van der Waals surface area contributed by atoms with Gasteiger partial charge in [0.15, 0.2) is 0 Å². The van der Waals surface area contributed by atoms with Gasteiger partial charge in [0.1, 0.15) is 0 Å². The fourth-order valence-corrected chi connectivity index (χ4v) is 1.84. The summed E-state index contributed by atoms with van der Waals surface area (Å²) in [5, 5.41) is 3.28. The predicted octanol–water partition coefficient (Wildman–Crippen LogP) is 3.80. The van der Waals surface area contributed by atoms with E-state index in [1.165, 1.54) is 12.1 Å². The van der Waals surface area contributed by atoms with Gasteiger partial charge in [0.25, 0.3) is 0 Å². The second-order valence-electron chi connectivity index (χ2n) is 4.18. The van der Waals surface area contributed by atoms with E-state index in [-0.39, 0.29) is 6.04 Å². The third kappa shape index (κ3) is 4.53. The molecule has 1 aromatic carbocycles. The third-order valence-corrected chi connectivity index (χ3v) is 2.71. The van der Waals surface area contributed by atoms with Crippen LogP contribution in [0, 0.1) is 0 Å². The standard InChI is InChI=1S/C14H18F3N/c1-3-5-13(18-4-2)10-11-6-8-12(9-7-11)14(15,16)17/h3,6-9,13,18H,1,4-5,10H2,2H3. The first-order valence-electron chi connectivity index (χ1n) is 5.97. The highest BCUT2D eigenvalue weighted by Gasteiger charge is 2.29. The van der Waals surface area contributed by atoms with E-state index < -0.39 is 11.7 Å². The molecular formula is C14H18F3N. The molecule has 0 aliphatic carbocycles. The number of nitrogens with one attached hydrogen (secondary N) is 1. The summed E-state index contributed by atoms with van der Waals surface area (Å²) in [7, 11) is 0. The smallest absolute Gasteiger partial charge is 0.314 e. The summed E-state index contributed by atoms with van der Waals surface area (Å²) in [6.45, 7) is 6.52. The second kappa shape index (κ2) is 6.59. The maximum Gasteiger partial charge on any atom is 0.416 e. The van der Waals surface area contributed by atoms with Gasteiger partial charge < -0.3 is 5.32 Å². The van der Waals surface area contributed by atoms with Crippen LogP contribution in [-0.2, 0) is 12.6 Å². The van der Waals surface area contributed by atoms with E-state index in [0.29, 0.717) is 6.42 Å². The van der Waals surface area contributed by atoms with Gasteiger partial charge in [-0.2, -0.15) is 13.2 Å². The van der Waals surface area contributed by atoms with E-state index in [9.17, 15) is 13.2 Å². The van der Waals surface area contributed by atoms with Crippen molar-refractivity contribution < 1.29 is 13.2 Å². The Morgan fingerprint density at radius 1 is 1.28 bits per heavy atom. The molecule has 0 bridgehead atoms. The molecule has 1 N–H and O–H groups in total. The number of hydrogen-bond acceptors (Lipinski definition) is 1. The molecule has 1 atom stereocenters. The fourth-order valence-electron chi connectivity index (χ4n) is 1.84. The predicted molar refractivity (Wildman–Crippen MR) is 67.4 cm³/mol. The first kappa shape index (κ1) is 14.8. The number of rotatable bonds is 6. The molecule has 0 heterocycles. The van der Waals surface area contributed by atoms with Gasteiger partial charge in [0, 0.05) is 6.04 Å². The van der Waals surface area contributed by atoms with Crippen molar-refractivity contribution in [1.29, 1.82) is 0 Å².